The number of halogens is 1. The van der Waals surface area contributed by atoms with E-state index in [0.29, 0.717) is 25.7 Å². The summed E-state index contributed by atoms with van der Waals surface area (Å²) in [5.74, 6) is 0.288. The molecule has 0 aromatic rings. The first kappa shape index (κ1) is 19.4. The van der Waals surface area contributed by atoms with Crippen LogP contribution in [0.2, 0.25) is 0 Å². The van der Waals surface area contributed by atoms with Crippen LogP contribution in [0.4, 0.5) is 0 Å². The molecule has 4 nitrogen and oxygen atoms in total. The number of carbonyl (C=O) groups excluding carboxylic acids is 1. The van der Waals surface area contributed by atoms with Crippen molar-refractivity contribution in [1.82, 2.24) is 10.2 Å². The molecule has 0 aliphatic carbocycles. The highest BCUT2D eigenvalue weighted by Crippen LogP contribution is 2.14. The highest BCUT2D eigenvalue weighted by molar-refractivity contribution is 5.85. The Bertz CT molecular complexity index is 269. The monoisotopic (exact) mass is 304 g/mol. The molecule has 5 heteroatoms. The van der Waals surface area contributed by atoms with Crippen molar-refractivity contribution in [3.63, 3.8) is 0 Å². The average Bonchev–Trinajstić information content (AvgIpc) is 2.45. The summed E-state index contributed by atoms with van der Waals surface area (Å²) < 4.78 is 5.32. The molecule has 1 fully saturated rings. The van der Waals surface area contributed by atoms with Gasteiger partial charge in [-0.3, -0.25) is 4.79 Å². The number of rotatable bonds is 9. The molecule has 1 aliphatic rings. The number of hydrogen-bond donors (Lipinski definition) is 1. The number of carbonyl (C=O) groups is 1. The fraction of sp³-hybridized carbons (Fsp3) is 0.800. The Kier molecular flexibility index (Phi) is 11.8. The van der Waals surface area contributed by atoms with Crippen molar-refractivity contribution in [2.24, 2.45) is 0 Å². The molecule has 118 valence electrons. The third-order valence-electron chi connectivity index (χ3n) is 3.45. The Hall–Kier alpha value is -0.580. The van der Waals surface area contributed by atoms with Gasteiger partial charge in [0.2, 0.25) is 5.91 Å². The number of piperidine rings is 1. The van der Waals surface area contributed by atoms with E-state index in [9.17, 15) is 4.79 Å². The second-order valence-corrected chi connectivity index (χ2v) is 5.04. The third kappa shape index (κ3) is 7.27. The van der Waals surface area contributed by atoms with Crippen molar-refractivity contribution in [3.8, 4) is 0 Å². The predicted molar refractivity (Wildman–Crippen MR) is 85.4 cm³/mol. The third-order valence-corrected chi connectivity index (χ3v) is 3.45. The van der Waals surface area contributed by atoms with Crippen LogP contribution in [0.25, 0.3) is 0 Å². The maximum atomic E-state index is 12.3. The molecule has 0 radical (unpaired) electrons. The van der Waals surface area contributed by atoms with Crippen LogP contribution < -0.4 is 5.32 Å². The summed E-state index contributed by atoms with van der Waals surface area (Å²) in [6.45, 7) is 9.89. The molecule has 1 saturated heterocycles. The van der Waals surface area contributed by atoms with Gasteiger partial charge >= 0.3 is 0 Å². The van der Waals surface area contributed by atoms with Gasteiger partial charge in [0.25, 0.3) is 0 Å². The molecular formula is C15H29ClN2O2. The van der Waals surface area contributed by atoms with E-state index in [-0.39, 0.29) is 18.3 Å². The fourth-order valence-corrected chi connectivity index (χ4v) is 2.51. The molecule has 1 rings (SSSR count). The van der Waals surface area contributed by atoms with E-state index in [1.807, 2.05) is 0 Å². The van der Waals surface area contributed by atoms with Crippen molar-refractivity contribution >= 4 is 18.3 Å². The lowest BCUT2D eigenvalue weighted by atomic mass is 10.0. The van der Waals surface area contributed by atoms with E-state index in [1.54, 1.807) is 6.08 Å². The minimum atomic E-state index is 0. The standard InChI is InChI=1S/C15H28N2O2.ClH/c1-3-11-17(14-7-9-16-10-8-14)15(18)6-5-13-19-12-4-2;/h4,14,16H,2-3,5-13H2,1H3;1H. The van der Waals surface area contributed by atoms with Crippen LogP contribution >= 0.6 is 12.4 Å². The van der Waals surface area contributed by atoms with Crippen LogP contribution in [0.3, 0.4) is 0 Å². The molecule has 20 heavy (non-hydrogen) atoms. The Morgan fingerprint density at radius 3 is 2.75 bits per heavy atom. The first-order chi connectivity index (χ1) is 9.29. The number of ether oxygens (including phenoxy) is 1. The molecule has 0 aromatic heterocycles. The molecule has 0 bridgehead atoms. The minimum Gasteiger partial charge on any atom is -0.377 e. The smallest absolute Gasteiger partial charge is 0.222 e. The maximum absolute atomic E-state index is 12.3. The molecule has 0 atom stereocenters. The fourth-order valence-electron chi connectivity index (χ4n) is 2.51. The van der Waals surface area contributed by atoms with E-state index in [4.69, 9.17) is 4.74 Å². The summed E-state index contributed by atoms with van der Waals surface area (Å²) in [6.07, 6.45) is 6.33. The molecule has 1 aliphatic heterocycles. The van der Waals surface area contributed by atoms with Crippen LogP contribution in [-0.4, -0.2) is 49.7 Å². The van der Waals surface area contributed by atoms with Gasteiger partial charge in [-0.15, -0.1) is 19.0 Å². The number of nitrogens with one attached hydrogen (secondary N) is 1. The summed E-state index contributed by atoms with van der Waals surface area (Å²) in [4.78, 5) is 14.4. The summed E-state index contributed by atoms with van der Waals surface area (Å²) in [6, 6.07) is 0.433. The SMILES string of the molecule is C=CCOCCCC(=O)N(CCC)C1CCNCC1.Cl. The van der Waals surface area contributed by atoms with Gasteiger partial charge in [0.15, 0.2) is 0 Å². The van der Waals surface area contributed by atoms with Crippen molar-refractivity contribution in [2.75, 3.05) is 32.8 Å². The Labute approximate surface area is 129 Å². The number of amides is 1. The summed E-state index contributed by atoms with van der Waals surface area (Å²) in [5.41, 5.74) is 0. The number of hydrogen-bond acceptors (Lipinski definition) is 3. The minimum absolute atomic E-state index is 0. The van der Waals surface area contributed by atoms with Gasteiger partial charge in [0.05, 0.1) is 6.61 Å². The highest BCUT2D eigenvalue weighted by Gasteiger charge is 2.23. The zero-order chi connectivity index (χ0) is 13.9. The quantitative estimate of drug-likeness (QED) is 0.525. The topological polar surface area (TPSA) is 41.6 Å². The van der Waals surface area contributed by atoms with Crippen LogP contribution in [0.1, 0.15) is 39.0 Å². The van der Waals surface area contributed by atoms with Crippen LogP contribution in [-0.2, 0) is 9.53 Å². The van der Waals surface area contributed by atoms with E-state index < -0.39 is 0 Å². The van der Waals surface area contributed by atoms with Crippen LogP contribution in [0.5, 0.6) is 0 Å². The van der Waals surface area contributed by atoms with Gasteiger partial charge in [0, 0.05) is 25.6 Å². The first-order valence-electron chi connectivity index (χ1n) is 7.48. The second kappa shape index (κ2) is 12.2. The summed E-state index contributed by atoms with van der Waals surface area (Å²) in [7, 11) is 0. The van der Waals surface area contributed by atoms with E-state index in [0.717, 1.165) is 45.3 Å². The lowest BCUT2D eigenvalue weighted by Crippen LogP contribution is -2.46. The zero-order valence-corrected chi connectivity index (χ0v) is 13.4. The predicted octanol–water partition coefficient (Wildman–Crippen LogP) is 2.38. The molecule has 0 aromatic carbocycles. The van der Waals surface area contributed by atoms with Gasteiger partial charge in [-0.1, -0.05) is 13.0 Å². The zero-order valence-electron chi connectivity index (χ0n) is 12.6. The van der Waals surface area contributed by atoms with Gasteiger partial charge in [-0.05, 0) is 38.8 Å². The highest BCUT2D eigenvalue weighted by atomic mass is 35.5. The largest absolute Gasteiger partial charge is 0.377 e. The molecule has 1 amide bonds. The van der Waals surface area contributed by atoms with Crippen molar-refractivity contribution in [1.29, 1.82) is 0 Å². The normalized spacial score (nSPS) is 15.4. The van der Waals surface area contributed by atoms with E-state index in [2.05, 4.69) is 23.7 Å². The van der Waals surface area contributed by atoms with Gasteiger partial charge in [0.1, 0.15) is 0 Å². The van der Waals surface area contributed by atoms with Gasteiger partial charge < -0.3 is 15.0 Å². The molecule has 1 heterocycles. The lowest BCUT2D eigenvalue weighted by molar-refractivity contribution is -0.134. The van der Waals surface area contributed by atoms with E-state index >= 15 is 0 Å². The lowest BCUT2D eigenvalue weighted by Gasteiger charge is -2.34. The first-order valence-corrected chi connectivity index (χ1v) is 7.48. The Morgan fingerprint density at radius 2 is 2.15 bits per heavy atom. The van der Waals surface area contributed by atoms with Crippen LogP contribution in [0.15, 0.2) is 12.7 Å². The summed E-state index contributed by atoms with van der Waals surface area (Å²) in [5, 5.41) is 3.35. The molecule has 0 spiro atoms. The van der Waals surface area contributed by atoms with Crippen molar-refractivity contribution in [2.45, 2.75) is 45.1 Å². The maximum Gasteiger partial charge on any atom is 0.222 e. The van der Waals surface area contributed by atoms with Gasteiger partial charge in [-0.2, -0.15) is 0 Å². The Balaban J connectivity index is 0.00000361. The van der Waals surface area contributed by atoms with Crippen LogP contribution in [0, 0.1) is 0 Å². The Morgan fingerprint density at radius 1 is 1.45 bits per heavy atom. The number of nitrogens with zero attached hydrogens (tertiary/aromatic N) is 1. The molecule has 0 unspecified atom stereocenters. The average molecular weight is 305 g/mol. The molecule has 0 saturated carbocycles. The van der Waals surface area contributed by atoms with Crippen molar-refractivity contribution in [3.05, 3.63) is 12.7 Å². The second-order valence-electron chi connectivity index (χ2n) is 5.04. The molecule has 1 N–H and O–H groups in total. The van der Waals surface area contributed by atoms with Gasteiger partial charge in [-0.25, -0.2) is 0 Å². The van der Waals surface area contributed by atoms with E-state index in [1.165, 1.54) is 0 Å². The molecular weight excluding hydrogens is 276 g/mol. The summed E-state index contributed by atoms with van der Waals surface area (Å²) >= 11 is 0. The van der Waals surface area contributed by atoms with Crippen molar-refractivity contribution < 1.29 is 9.53 Å².